The molecule has 0 aliphatic carbocycles. The average Bonchev–Trinajstić information content (AvgIpc) is 2.84. The molecule has 0 bridgehead atoms. The highest BCUT2D eigenvalue weighted by Crippen LogP contribution is 2.31. The molecule has 1 aliphatic rings. The highest BCUT2D eigenvalue weighted by molar-refractivity contribution is 6.00. The number of cyclic esters (lactones) is 1. The van der Waals surface area contributed by atoms with E-state index in [9.17, 15) is 14.4 Å². The van der Waals surface area contributed by atoms with Crippen molar-refractivity contribution in [2.45, 2.75) is 12.5 Å². The minimum Gasteiger partial charge on any atom is -0.497 e. The lowest BCUT2D eigenvalue weighted by atomic mass is 9.93. The number of anilines is 1. The first-order valence-electron chi connectivity index (χ1n) is 10.5. The molecule has 1 aliphatic heterocycles. The zero-order valence-corrected chi connectivity index (χ0v) is 18.4. The van der Waals surface area contributed by atoms with Crippen LogP contribution in [0.1, 0.15) is 37.9 Å². The van der Waals surface area contributed by atoms with Gasteiger partial charge in [0, 0.05) is 24.7 Å². The predicted octanol–water partition coefficient (Wildman–Crippen LogP) is 3.86. The molecule has 168 valence electrons. The van der Waals surface area contributed by atoms with E-state index < -0.39 is 12.1 Å². The summed E-state index contributed by atoms with van der Waals surface area (Å²) in [4.78, 5) is 39.1. The summed E-state index contributed by atoms with van der Waals surface area (Å²) in [6.07, 6.45) is 0.0815. The summed E-state index contributed by atoms with van der Waals surface area (Å²) in [5, 5.41) is 2.76. The molecule has 0 saturated carbocycles. The molecule has 0 saturated heterocycles. The van der Waals surface area contributed by atoms with Crippen LogP contribution in [-0.2, 0) is 16.0 Å². The summed E-state index contributed by atoms with van der Waals surface area (Å²) >= 11 is 0. The van der Waals surface area contributed by atoms with Gasteiger partial charge in [0.25, 0.3) is 5.91 Å². The van der Waals surface area contributed by atoms with Crippen molar-refractivity contribution in [3.05, 3.63) is 95.1 Å². The van der Waals surface area contributed by atoms with Crippen molar-refractivity contribution in [1.29, 1.82) is 0 Å². The molecule has 3 aromatic rings. The third kappa shape index (κ3) is 5.03. The van der Waals surface area contributed by atoms with E-state index in [2.05, 4.69) is 5.32 Å². The van der Waals surface area contributed by atoms with Crippen molar-refractivity contribution in [1.82, 2.24) is 4.90 Å². The highest BCUT2D eigenvalue weighted by Gasteiger charge is 2.28. The summed E-state index contributed by atoms with van der Waals surface area (Å²) in [7, 11) is 3.13. The Morgan fingerprint density at radius 2 is 1.79 bits per heavy atom. The fraction of sp³-hybridized carbons (Fsp3) is 0.192. The topological polar surface area (TPSA) is 84.9 Å². The Labute approximate surface area is 191 Å². The van der Waals surface area contributed by atoms with Gasteiger partial charge in [-0.25, -0.2) is 4.79 Å². The first-order valence-corrected chi connectivity index (χ1v) is 10.5. The maximum absolute atomic E-state index is 12.9. The number of rotatable bonds is 6. The molecule has 1 N–H and O–H groups in total. The molecule has 2 amide bonds. The van der Waals surface area contributed by atoms with Crippen molar-refractivity contribution in [3.8, 4) is 5.75 Å². The molecule has 1 atom stereocenters. The molecule has 0 radical (unpaired) electrons. The highest BCUT2D eigenvalue weighted by atomic mass is 16.5. The van der Waals surface area contributed by atoms with E-state index in [-0.39, 0.29) is 18.4 Å². The second kappa shape index (κ2) is 9.56. The number of hydrogen-bond donors (Lipinski definition) is 1. The predicted molar refractivity (Wildman–Crippen MR) is 123 cm³/mol. The second-order valence-corrected chi connectivity index (χ2v) is 7.82. The fourth-order valence-corrected chi connectivity index (χ4v) is 3.76. The average molecular weight is 444 g/mol. The van der Waals surface area contributed by atoms with Crippen LogP contribution in [0.3, 0.4) is 0 Å². The Kier molecular flexibility index (Phi) is 6.40. The monoisotopic (exact) mass is 444 g/mol. The number of esters is 1. The Hall–Kier alpha value is -4.13. The summed E-state index contributed by atoms with van der Waals surface area (Å²) in [6.45, 7) is -0.114. The molecule has 0 aromatic heterocycles. The lowest BCUT2D eigenvalue weighted by molar-refractivity contribution is -0.116. The lowest BCUT2D eigenvalue weighted by Crippen LogP contribution is -2.35. The molecular formula is C26H24N2O5. The van der Waals surface area contributed by atoms with Gasteiger partial charge >= 0.3 is 5.97 Å². The van der Waals surface area contributed by atoms with Gasteiger partial charge in [-0.3, -0.25) is 9.59 Å². The van der Waals surface area contributed by atoms with Crippen LogP contribution in [-0.4, -0.2) is 43.4 Å². The van der Waals surface area contributed by atoms with Crippen LogP contribution in [0.15, 0.2) is 72.8 Å². The largest absolute Gasteiger partial charge is 0.497 e. The molecule has 7 nitrogen and oxygen atoms in total. The molecule has 0 spiro atoms. The van der Waals surface area contributed by atoms with Gasteiger partial charge in [0.15, 0.2) is 0 Å². The number of hydrogen-bond acceptors (Lipinski definition) is 5. The quantitative estimate of drug-likeness (QED) is 0.584. The number of ether oxygens (including phenoxy) is 2. The first-order chi connectivity index (χ1) is 15.9. The molecular weight excluding hydrogens is 420 g/mol. The summed E-state index contributed by atoms with van der Waals surface area (Å²) in [5.41, 5.74) is 3.14. The number of carbonyl (C=O) groups excluding carboxylic acids is 3. The van der Waals surface area contributed by atoms with Crippen LogP contribution in [0.25, 0.3) is 0 Å². The SMILES string of the molecule is COc1ccc(NC(=O)CN(C)C(=O)c2ccc3c(c2)C[C@@H](c2ccccc2)OC3=O)cc1. The van der Waals surface area contributed by atoms with Crippen LogP contribution in [0.2, 0.25) is 0 Å². The molecule has 4 rings (SSSR count). The van der Waals surface area contributed by atoms with Gasteiger partial charge in [-0.2, -0.15) is 0 Å². The van der Waals surface area contributed by atoms with Gasteiger partial charge in [-0.15, -0.1) is 0 Å². The van der Waals surface area contributed by atoms with Gasteiger partial charge < -0.3 is 19.7 Å². The van der Waals surface area contributed by atoms with E-state index in [1.165, 1.54) is 4.90 Å². The number of nitrogens with zero attached hydrogens (tertiary/aromatic N) is 1. The smallest absolute Gasteiger partial charge is 0.339 e. The van der Waals surface area contributed by atoms with Crippen molar-refractivity contribution < 1.29 is 23.9 Å². The van der Waals surface area contributed by atoms with E-state index in [4.69, 9.17) is 9.47 Å². The standard InChI is InChI=1S/C26H24N2O5/c1-28(16-24(29)27-20-9-11-21(32-2)12-10-20)25(30)18-8-13-22-19(14-18)15-23(33-26(22)31)17-6-4-3-5-7-17/h3-14,23H,15-16H2,1-2H3,(H,27,29)/t23-/m0/s1. The Balaban J connectivity index is 1.44. The van der Waals surface area contributed by atoms with Crippen molar-refractivity contribution >= 4 is 23.5 Å². The number of methoxy groups -OCH3 is 1. The molecule has 1 heterocycles. The maximum Gasteiger partial charge on any atom is 0.339 e. The summed E-state index contributed by atoms with van der Waals surface area (Å²) in [5.74, 6) is -0.345. The Morgan fingerprint density at radius 3 is 2.48 bits per heavy atom. The summed E-state index contributed by atoms with van der Waals surface area (Å²) in [6, 6.07) is 21.4. The molecule has 3 aromatic carbocycles. The zero-order valence-electron chi connectivity index (χ0n) is 18.4. The van der Waals surface area contributed by atoms with E-state index in [0.717, 1.165) is 11.1 Å². The van der Waals surface area contributed by atoms with E-state index in [0.29, 0.717) is 29.0 Å². The van der Waals surface area contributed by atoms with E-state index in [1.807, 2.05) is 30.3 Å². The number of amides is 2. The third-order valence-corrected chi connectivity index (χ3v) is 5.50. The number of fused-ring (bicyclic) bond motifs is 1. The number of likely N-dealkylation sites (N-methyl/N-ethyl adjacent to an activating group) is 1. The zero-order chi connectivity index (χ0) is 23.4. The number of carbonyl (C=O) groups is 3. The van der Waals surface area contributed by atoms with Gasteiger partial charge in [-0.1, -0.05) is 30.3 Å². The minimum absolute atomic E-state index is 0.114. The van der Waals surface area contributed by atoms with Crippen molar-refractivity contribution in [2.24, 2.45) is 0 Å². The summed E-state index contributed by atoms with van der Waals surface area (Å²) < 4.78 is 10.7. The van der Waals surface area contributed by atoms with Crippen LogP contribution >= 0.6 is 0 Å². The second-order valence-electron chi connectivity index (χ2n) is 7.82. The van der Waals surface area contributed by atoms with Crippen LogP contribution in [0, 0.1) is 0 Å². The van der Waals surface area contributed by atoms with Gasteiger partial charge in [-0.05, 0) is 53.6 Å². The number of benzene rings is 3. The normalized spacial score (nSPS) is 14.6. The molecule has 7 heteroatoms. The van der Waals surface area contributed by atoms with E-state index in [1.54, 1.807) is 56.6 Å². The van der Waals surface area contributed by atoms with Gasteiger partial charge in [0.2, 0.25) is 5.91 Å². The lowest BCUT2D eigenvalue weighted by Gasteiger charge is -2.26. The molecule has 0 unspecified atom stereocenters. The van der Waals surface area contributed by atoms with Gasteiger partial charge in [0.1, 0.15) is 11.9 Å². The first kappa shape index (κ1) is 22.1. The third-order valence-electron chi connectivity index (χ3n) is 5.50. The molecule has 0 fully saturated rings. The fourth-order valence-electron chi connectivity index (χ4n) is 3.76. The Bertz CT molecular complexity index is 1180. The maximum atomic E-state index is 12.9. The van der Waals surface area contributed by atoms with Crippen LogP contribution < -0.4 is 10.1 Å². The van der Waals surface area contributed by atoms with Crippen molar-refractivity contribution in [3.63, 3.8) is 0 Å². The van der Waals surface area contributed by atoms with E-state index >= 15 is 0 Å². The van der Waals surface area contributed by atoms with Crippen LogP contribution in [0.5, 0.6) is 5.75 Å². The van der Waals surface area contributed by atoms with Crippen molar-refractivity contribution in [2.75, 3.05) is 26.0 Å². The van der Waals surface area contributed by atoms with Gasteiger partial charge in [0.05, 0.1) is 19.2 Å². The molecule has 33 heavy (non-hydrogen) atoms. The van der Waals surface area contributed by atoms with Crippen LogP contribution in [0.4, 0.5) is 5.69 Å². The minimum atomic E-state index is -0.406. The number of nitrogens with one attached hydrogen (secondary N) is 1. The Morgan fingerprint density at radius 1 is 1.06 bits per heavy atom.